The van der Waals surface area contributed by atoms with Crippen LogP contribution in [0, 0.1) is 6.92 Å². The number of hydrogen-bond acceptors (Lipinski definition) is 6. The lowest BCUT2D eigenvalue weighted by molar-refractivity contribution is 0.453. The number of aromatic nitrogens is 3. The first kappa shape index (κ1) is 11.4. The lowest BCUT2D eigenvalue weighted by Gasteiger charge is -2.11. The van der Waals surface area contributed by atoms with Crippen LogP contribution in [0.15, 0.2) is 23.0 Å². The highest BCUT2D eigenvalue weighted by Gasteiger charge is 2.11. The molecule has 17 heavy (non-hydrogen) atoms. The summed E-state index contributed by atoms with van der Waals surface area (Å²) in [5.41, 5.74) is 0. The number of aryl methyl sites for hydroxylation is 1. The number of nitrogens with one attached hydrogen (secondary N) is 2. The van der Waals surface area contributed by atoms with Crippen molar-refractivity contribution in [3.8, 4) is 0 Å². The highest BCUT2D eigenvalue weighted by atomic mass is 16.4. The Labute approximate surface area is 99.5 Å². The second kappa shape index (κ2) is 4.82. The molecule has 2 aromatic rings. The first-order valence-electron chi connectivity index (χ1n) is 5.37. The van der Waals surface area contributed by atoms with Crippen molar-refractivity contribution in [2.24, 2.45) is 0 Å². The predicted octanol–water partition coefficient (Wildman–Crippen LogP) is 1.99. The average Bonchev–Trinajstić information content (AvgIpc) is 2.76. The van der Waals surface area contributed by atoms with Crippen LogP contribution in [0.5, 0.6) is 0 Å². The van der Waals surface area contributed by atoms with E-state index in [9.17, 15) is 0 Å². The van der Waals surface area contributed by atoms with E-state index in [2.05, 4.69) is 25.6 Å². The predicted molar refractivity (Wildman–Crippen MR) is 64.9 cm³/mol. The number of oxazole rings is 1. The van der Waals surface area contributed by atoms with Gasteiger partial charge in [0, 0.05) is 13.1 Å². The maximum atomic E-state index is 5.44. The van der Waals surface area contributed by atoms with Gasteiger partial charge in [0.25, 0.3) is 0 Å². The Balaban J connectivity index is 2.09. The van der Waals surface area contributed by atoms with Gasteiger partial charge >= 0.3 is 0 Å². The molecule has 1 atom stereocenters. The van der Waals surface area contributed by atoms with E-state index in [1.807, 2.05) is 27.0 Å². The van der Waals surface area contributed by atoms with E-state index in [1.54, 1.807) is 6.20 Å². The molecule has 6 heteroatoms. The van der Waals surface area contributed by atoms with Gasteiger partial charge < -0.3 is 15.1 Å². The zero-order chi connectivity index (χ0) is 12.3. The zero-order valence-electron chi connectivity index (χ0n) is 10.1. The van der Waals surface area contributed by atoms with Crippen LogP contribution in [-0.2, 0) is 0 Å². The zero-order valence-corrected chi connectivity index (χ0v) is 10.1. The van der Waals surface area contributed by atoms with Gasteiger partial charge in [-0.1, -0.05) is 0 Å². The normalized spacial score (nSPS) is 12.2. The summed E-state index contributed by atoms with van der Waals surface area (Å²) in [5, 5.41) is 6.15. The summed E-state index contributed by atoms with van der Waals surface area (Å²) in [6.45, 7) is 3.83. The lowest BCUT2D eigenvalue weighted by atomic mass is 10.3. The molecule has 0 amide bonds. The number of hydrogen-bond donors (Lipinski definition) is 2. The maximum absolute atomic E-state index is 5.44. The van der Waals surface area contributed by atoms with Crippen LogP contribution in [0.25, 0.3) is 0 Å². The van der Waals surface area contributed by atoms with E-state index in [1.165, 1.54) is 6.33 Å². The van der Waals surface area contributed by atoms with Gasteiger partial charge in [-0.05, 0) is 13.8 Å². The largest absolute Gasteiger partial charge is 0.444 e. The first-order valence-corrected chi connectivity index (χ1v) is 5.37. The Kier molecular flexibility index (Phi) is 3.22. The van der Waals surface area contributed by atoms with E-state index in [4.69, 9.17) is 4.42 Å². The second-order valence-electron chi connectivity index (χ2n) is 3.71. The summed E-state index contributed by atoms with van der Waals surface area (Å²) in [5.74, 6) is 2.94. The molecule has 0 aromatic carbocycles. The standard InChI is InChI=1S/C11H15N5O/c1-7-5-13-11(17-7)8(2)16-10-4-9(12-3)14-6-15-10/h4-6,8H,1-3H3,(H2,12,14,15,16). The molecule has 0 aliphatic carbocycles. The van der Waals surface area contributed by atoms with Gasteiger partial charge in [0.1, 0.15) is 29.8 Å². The molecule has 2 heterocycles. The molecule has 0 fully saturated rings. The quantitative estimate of drug-likeness (QED) is 0.841. The van der Waals surface area contributed by atoms with Crippen molar-refractivity contribution in [3.05, 3.63) is 30.2 Å². The third-order valence-electron chi connectivity index (χ3n) is 2.30. The van der Waals surface area contributed by atoms with Gasteiger partial charge in [0.2, 0.25) is 5.89 Å². The van der Waals surface area contributed by atoms with Gasteiger partial charge in [0.15, 0.2) is 0 Å². The van der Waals surface area contributed by atoms with Crippen LogP contribution in [0.2, 0.25) is 0 Å². The average molecular weight is 233 g/mol. The van der Waals surface area contributed by atoms with Crippen molar-refractivity contribution in [1.82, 2.24) is 15.0 Å². The monoisotopic (exact) mass is 233 g/mol. The Bertz CT molecular complexity index is 496. The molecular formula is C11H15N5O. The molecule has 2 aromatic heterocycles. The van der Waals surface area contributed by atoms with Crippen molar-refractivity contribution in [2.45, 2.75) is 19.9 Å². The molecule has 0 aliphatic rings. The van der Waals surface area contributed by atoms with Gasteiger partial charge in [-0.25, -0.2) is 15.0 Å². The molecule has 0 bridgehead atoms. The van der Waals surface area contributed by atoms with Crippen molar-refractivity contribution in [2.75, 3.05) is 17.7 Å². The SMILES string of the molecule is CNc1cc(NC(C)c2ncc(C)o2)ncn1. The highest BCUT2D eigenvalue weighted by Crippen LogP contribution is 2.18. The van der Waals surface area contributed by atoms with Crippen molar-refractivity contribution < 1.29 is 4.42 Å². The lowest BCUT2D eigenvalue weighted by Crippen LogP contribution is -2.08. The van der Waals surface area contributed by atoms with E-state index < -0.39 is 0 Å². The van der Waals surface area contributed by atoms with Crippen LogP contribution in [-0.4, -0.2) is 22.0 Å². The van der Waals surface area contributed by atoms with Crippen LogP contribution in [0.4, 0.5) is 11.6 Å². The van der Waals surface area contributed by atoms with Gasteiger partial charge in [-0.2, -0.15) is 0 Å². The Morgan fingerprint density at radius 1 is 1.24 bits per heavy atom. The minimum atomic E-state index is -0.0386. The minimum absolute atomic E-state index is 0.0386. The summed E-state index contributed by atoms with van der Waals surface area (Å²) in [7, 11) is 1.81. The molecule has 6 nitrogen and oxygen atoms in total. The fourth-order valence-corrected chi connectivity index (χ4v) is 1.43. The van der Waals surface area contributed by atoms with Gasteiger partial charge in [-0.15, -0.1) is 0 Å². The molecule has 0 saturated heterocycles. The fourth-order valence-electron chi connectivity index (χ4n) is 1.43. The molecule has 2 N–H and O–H groups in total. The molecular weight excluding hydrogens is 218 g/mol. The highest BCUT2D eigenvalue weighted by molar-refractivity contribution is 5.46. The molecule has 0 aliphatic heterocycles. The molecule has 0 saturated carbocycles. The van der Waals surface area contributed by atoms with Crippen LogP contribution >= 0.6 is 0 Å². The van der Waals surface area contributed by atoms with Crippen molar-refractivity contribution in [3.63, 3.8) is 0 Å². The minimum Gasteiger partial charge on any atom is -0.444 e. The molecule has 1 unspecified atom stereocenters. The van der Waals surface area contributed by atoms with E-state index in [-0.39, 0.29) is 6.04 Å². The number of rotatable bonds is 4. The Hall–Kier alpha value is -2.11. The van der Waals surface area contributed by atoms with Crippen LogP contribution in [0.3, 0.4) is 0 Å². The summed E-state index contributed by atoms with van der Waals surface area (Å²) >= 11 is 0. The number of nitrogens with zero attached hydrogens (tertiary/aromatic N) is 3. The third-order valence-corrected chi connectivity index (χ3v) is 2.30. The van der Waals surface area contributed by atoms with Gasteiger partial charge in [-0.3, -0.25) is 0 Å². The van der Waals surface area contributed by atoms with E-state index >= 15 is 0 Å². The Morgan fingerprint density at radius 3 is 2.65 bits per heavy atom. The smallest absolute Gasteiger partial charge is 0.216 e. The molecule has 90 valence electrons. The summed E-state index contributed by atoms with van der Waals surface area (Å²) in [6, 6.07) is 1.79. The maximum Gasteiger partial charge on any atom is 0.216 e. The van der Waals surface area contributed by atoms with Crippen molar-refractivity contribution in [1.29, 1.82) is 0 Å². The van der Waals surface area contributed by atoms with Crippen LogP contribution < -0.4 is 10.6 Å². The topological polar surface area (TPSA) is 75.9 Å². The van der Waals surface area contributed by atoms with Crippen LogP contribution in [0.1, 0.15) is 24.6 Å². The fraction of sp³-hybridized carbons (Fsp3) is 0.364. The molecule has 2 rings (SSSR count). The first-order chi connectivity index (χ1) is 8.19. The van der Waals surface area contributed by atoms with E-state index in [0.29, 0.717) is 5.89 Å². The summed E-state index contributed by atoms with van der Waals surface area (Å²) < 4.78 is 5.44. The number of anilines is 2. The van der Waals surface area contributed by atoms with Gasteiger partial charge in [0.05, 0.1) is 6.20 Å². The third kappa shape index (κ3) is 2.72. The Morgan fingerprint density at radius 2 is 2.00 bits per heavy atom. The van der Waals surface area contributed by atoms with E-state index in [0.717, 1.165) is 17.4 Å². The molecule has 0 spiro atoms. The second-order valence-corrected chi connectivity index (χ2v) is 3.71. The summed E-state index contributed by atoms with van der Waals surface area (Å²) in [6.07, 6.45) is 3.20. The summed E-state index contributed by atoms with van der Waals surface area (Å²) in [4.78, 5) is 12.3. The molecule has 0 radical (unpaired) electrons. The van der Waals surface area contributed by atoms with Crippen molar-refractivity contribution >= 4 is 11.6 Å².